The van der Waals surface area contributed by atoms with Crippen LogP contribution in [0.5, 0.6) is 23.0 Å². The third kappa shape index (κ3) is 15.1. The minimum atomic E-state index is -0.996. The normalized spacial score (nSPS) is 12.0. The van der Waals surface area contributed by atoms with Crippen molar-refractivity contribution >= 4 is 117 Å². The number of carbonyl (C=O) groups excluding carboxylic acids is 4. The summed E-state index contributed by atoms with van der Waals surface area (Å²) in [5.41, 5.74) is 8.95. The number of carbonyl (C=O) groups is 5. The second-order valence-electron chi connectivity index (χ2n) is 26.9. The Morgan fingerprint density at radius 1 is 0.308 bits per heavy atom. The minimum absolute atomic E-state index is 0.0382. The van der Waals surface area contributed by atoms with Gasteiger partial charge in [-0.15, -0.1) is 0 Å². The molecule has 14 nitrogen and oxygen atoms in total. The number of aliphatic carboxylic acids is 1. The molecule has 104 heavy (non-hydrogen) atoms. The molecule has 0 radical (unpaired) electrons. The zero-order valence-electron chi connectivity index (χ0n) is 58.9. The van der Waals surface area contributed by atoms with Crippen molar-refractivity contribution in [3.63, 3.8) is 0 Å². The number of rotatable bonds is 23. The van der Waals surface area contributed by atoms with Gasteiger partial charge < -0.3 is 45.3 Å². The molecular formula is C90H82N4O10. The monoisotopic (exact) mass is 1380 g/mol. The molecule has 4 amide bonds. The van der Waals surface area contributed by atoms with E-state index in [4.69, 9.17) is 18.9 Å². The van der Waals surface area contributed by atoms with E-state index in [0.717, 1.165) is 64.6 Å². The molecule has 14 rings (SSSR count). The van der Waals surface area contributed by atoms with Crippen LogP contribution < -0.4 is 40.2 Å². The van der Waals surface area contributed by atoms with Gasteiger partial charge in [0.2, 0.25) is 5.91 Å². The summed E-state index contributed by atoms with van der Waals surface area (Å²) in [6.07, 6.45) is 3.26. The summed E-state index contributed by atoms with van der Waals surface area (Å²) in [5, 5.41) is 35.1. The average Bonchev–Trinajstić information content (AvgIpc) is 0.786. The van der Waals surface area contributed by atoms with E-state index in [1.165, 1.54) is 0 Å². The van der Waals surface area contributed by atoms with Crippen molar-refractivity contribution in [3.05, 3.63) is 274 Å². The van der Waals surface area contributed by atoms with E-state index in [0.29, 0.717) is 159 Å². The first-order valence-electron chi connectivity index (χ1n) is 36.1. The Bertz CT molecular complexity index is 5280. The van der Waals surface area contributed by atoms with E-state index in [-0.39, 0.29) is 68.6 Å². The molecule has 0 unspecified atom stereocenters. The van der Waals surface area contributed by atoms with Gasteiger partial charge in [-0.2, -0.15) is 0 Å². The Kier molecular flexibility index (Phi) is 20.6. The fourth-order valence-electron chi connectivity index (χ4n) is 14.4. The van der Waals surface area contributed by atoms with E-state index in [2.05, 4.69) is 82.8 Å². The van der Waals surface area contributed by atoms with Gasteiger partial charge in [0.25, 0.3) is 17.7 Å². The van der Waals surface area contributed by atoms with Crippen LogP contribution >= 0.6 is 0 Å². The van der Waals surface area contributed by atoms with Crippen LogP contribution in [0, 0.1) is 0 Å². The number of carboxylic acid groups (broad SMARTS) is 1. The van der Waals surface area contributed by atoms with Gasteiger partial charge >= 0.3 is 5.97 Å². The molecule has 13 aromatic rings. The van der Waals surface area contributed by atoms with E-state index >= 15 is 14.4 Å². The smallest absolute Gasteiger partial charge is 0.303 e. The molecular weight excluding hydrogens is 1300 g/mol. The SMILES string of the molecule is CCCOc1c2cc(NC(=O)CCCC(=O)O)cc1Cc1cc(NC(=O)c3ccc4c(ccc5ccccc54)c3)cc(c1OCCC)Cc1cc(NC(=O)c3ccc4c(ccc5ccccc54)c3)cc(c1OCCC)Cc1cc(NC(=O)c3ccc4c(ccc5ccccc54)c3)cc(c1OCCC)C2. The molecule has 0 saturated heterocycles. The number of fused-ring (bicyclic) bond motifs is 17. The number of carboxylic acids is 1. The molecule has 14 heteroatoms. The Morgan fingerprint density at radius 2 is 0.567 bits per heavy atom. The van der Waals surface area contributed by atoms with Crippen LogP contribution in [0.3, 0.4) is 0 Å². The van der Waals surface area contributed by atoms with Crippen molar-refractivity contribution in [2.45, 2.75) is 98.3 Å². The Morgan fingerprint density at radius 3 is 0.846 bits per heavy atom. The Balaban J connectivity index is 0.971. The van der Waals surface area contributed by atoms with Crippen molar-refractivity contribution in [1.29, 1.82) is 0 Å². The van der Waals surface area contributed by atoms with Gasteiger partial charge in [-0.1, -0.05) is 155 Å². The van der Waals surface area contributed by atoms with Crippen molar-refractivity contribution in [2.24, 2.45) is 0 Å². The fourth-order valence-corrected chi connectivity index (χ4v) is 14.4. The molecule has 0 saturated carbocycles. The lowest BCUT2D eigenvalue weighted by molar-refractivity contribution is -0.137. The molecule has 1 aliphatic rings. The van der Waals surface area contributed by atoms with Crippen LogP contribution in [0.1, 0.15) is 148 Å². The number of benzene rings is 13. The molecule has 5 N–H and O–H groups in total. The zero-order valence-corrected chi connectivity index (χ0v) is 58.9. The maximum absolute atomic E-state index is 15.1. The minimum Gasteiger partial charge on any atom is -0.493 e. The van der Waals surface area contributed by atoms with Crippen molar-refractivity contribution in [3.8, 4) is 23.0 Å². The summed E-state index contributed by atoms with van der Waals surface area (Å²) in [6, 6.07) is 69.8. The number of ether oxygens (including phenoxy) is 4. The van der Waals surface area contributed by atoms with Crippen molar-refractivity contribution in [1.82, 2.24) is 0 Å². The Labute approximate surface area is 604 Å². The first-order chi connectivity index (χ1) is 50.8. The predicted octanol–water partition coefficient (Wildman–Crippen LogP) is 20.4. The number of nitrogens with one attached hydrogen (secondary N) is 4. The maximum Gasteiger partial charge on any atom is 0.303 e. The zero-order chi connectivity index (χ0) is 71.8. The number of hydrogen-bond acceptors (Lipinski definition) is 9. The van der Waals surface area contributed by atoms with Gasteiger partial charge in [0.1, 0.15) is 23.0 Å². The predicted molar refractivity (Wildman–Crippen MR) is 418 cm³/mol. The van der Waals surface area contributed by atoms with Crippen LogP contribution in [0.15, 0.2) is 212 Å². The van der Waals surface area contributed by atoms with Crippen LogP contribution in [0.4, 0.5) is 22.7 Å². The number of amides is 4. The average molecular weight is 1380 g/mol. The lowest BCUT2D eigenvalue weighted by Gasteiger charge is -2.25. The summed E-state index contributed by atoms with van der Waals surface area (Å²) in [4.78, 5) is 70.9. The van der Waals surface area contributed by atoms with Gasteiger partial charge in [0, 0.05) is 122 Å². The quantitative estimate of drug-likeness (QED) is 0.0385. The molecule has 0 fully saturated rings. The number of hydrogen-bond donors (Lipinski definition) is 5. The Hall–Kier alpha value is -12.0. The highest BCUT2D eigenvalue weighted by molar-refractivity contribution is 6.15. The molecule has 0 aromatic heterocycles. The van der Waals surface area contributed by atoms with Gasteiger partial charge in [-0.25, -0.2) is 0 Å². The highest BCUT2D eigenvalue weighted by Gasteiger charge is 2.27. The number of anilines is 4. The summed E-state index contributed by atoms with van der Waals surface area (Å²) in [6.45, 7) is 9.54. The molecule has 522 valence electrons. The standard InChI is InChI=1S/C90H82N4O10/c1-5-36-101-84-64-43-66-49-73(92-88(98)61-30-33-79-58(40-61)27-24-55-16-9-12-19-76(55)79)51-68(85(66)102-37-6-2)45-70-53-75(94-90(100)63-32-35-81-60(42-63)29-26-57-18-11-14-21-78(57)81)54-71(87(70)104-39-8-4)46-69-52-74(93-89(99)62-31-34-80-59(41-62)28-25-56-17-10-13-20-77(56)80)50-67(86(69)103-38-7-3)44-65(84)48-72(47-64)91-82(95)22-15-23-83(96)97/h9-14,16-21,24-35,40-42,47-54H,5-8,15,22-23,36-39,43-46H2,1-4H3,(H,91,95)(H,92,98)(H,93,99)(H,94,100)(H,96,97). The largest absolute Gasteiger partial charge is 0.493 e. The van der Waals surface area contributed by atoms with Gasteiger partial charge in [-0.3, -0.25) is 24.0 Å². The highest BCUT2D eigenvalue weighted by Crippen LogP contribution is 2.44. The second kappa shape index (κ2) is 31.1. The van der Waals surface area contributed by atoms with E-state index < -0.39 is 5.97 Å². The summed E-state index contributed by atoms with van der Waals surface area (Å²) in [5.74, 6) is -0.0412. The molecule has 0 atom stereocenters. The summed E-state index contributed by atoms with van der Waals surface area (Å²) >= 11 is 0. The highest BCUT2D eigenvalue weighted by atomic mass is 16.5. The topological polar surface area (TPSA) is 191 Å². The molecule has 0 spiro atoms. The van der Waals surface area contributed by atoms with E-state index in [1.54, 1.807) is 0 Å². The molecule has 1 aliphatic carbocycles. The fraction of sp³-hybridized carbons (Fsp3) is 0.211. The van der Waals surface area contributed by atoms with Gasteiger partial charge in [0.15, 0.2) is 0 Å². The lowest BCUT2D eigenvalue weighted by atomic mass is 9.90. The van der Waals surface area contributed by atoms with Crippen LogP contribution in [-0.4, -0.2) is 61.1 Å². The van der Waals surface area contributed by atoms with Crippen molar-refractivity contribution in [2.75, 3.05) is 47.7 Å². The molecule has 0 aliphatic heterocycles. The second-order valence-corrected chi connectivity index (χ2v) is 26.9. The van der Waals surface area contributed by atoms with Crippen LogP contribution in [0.2, 0.25) is 0 Å². The molecule has 13 aromatic carbocycles. The van der Waals surface area contributed by atoms with Gasteiger partial charge in [0.05, 0.1) is 26.4 Å². The lowest BCUT2D eigenvalue weighted by Crippen LogP contribution is -2.16. The first-order valence-corrected chi connectivity index (χ1v) is 36.1. The van der Waals surface area contributed by atoms with Gasteiger partial charge in [-0.05, 0) is 182 Å². The first kappa shape index (κ1) is 69.1. The van der Waals surface area contributed by atoms with E-state index in [1.807, 2.05) is 178 Å². The molecule has 8 bridgehead atoms. The van der Waals surface area contributed by atoms with Crippen LogP contribution in [-0.2, 0) is 35.3 Å². The summed E-state index contributed by atoms with van der Waals surface area (Å²) in [7, 11) is 0. The third-order valence-electron chi connectivity index (χ3n) is 19.2. The van der Waals surface area contributed by atoms with E-state index in [9.17, 15) is 14.7 Å². The summed E-state index contributed by atoms with van der Waals surface area (Å²) < 4.78 is 28.1. The van der Waals surface area contributed by atoms with Crippen molar-refractivity contribution < 1.29 is 48.0 Å². The maximum atomic E-state index is 15.1. The third-order valence-corrected chi connectivity index (χ3v) is 19.2. The van der Waals surface area contributed by atoms with Crippen LogP contribution in [0.25, 0.3) is 64.6 Å². The molecule has 0 heterocycles.